The molecule has 0 unspecified atom stereocenters. The van der Waals surface area contributed by atoms with Crippen LogP contribution in [0.1, 0.15) is 23.7 Å². The number of benzene rings is 1. The molecule has 0 bridgehead atoms. The van der Waals surface area contributed by atoms with Gasteiger partial charge in [-0.25, -0.2) is 0 Å². The fourth-order valence-electron chi connectivity index (χ4n) is 1.17. The highest BCUT2D eigenvalue weighted by Crippen LogP contribution is 2.25. The molecule has 0 aliphatic rings. The van der Waals surface area contributed by atoms with E-state index in [1.807, 2.05) is 31.6 Å². The highest BCUT2D eigenvalue weighted by Gasteiger charge is 2.06. The lowest BCUT2D eigenvalue weighted by atomic mass is 10.1. The molecule has 0 aliphatic carbocycles. The SMILES string of the molecule is CCC(=O)c1cc(SC)cc(SC)c1. The molecule has 0 aromatic heterocycles. The van der Waals surface area contributed by atoms with Gasteiger partial charge in [-0.2, -0.15) is 0 Å². The summed E-state index contributed by atoms with van der Waals surface area (Å²) in [6.07, 6.45) is 4.63. The summed E-state index contributed by atoms with van der Waals surface area (Å²) in [6, 6.07) is 6.05. The zero-order chi connectivity index (χ0) is 10.6. The van der Waals surface area contributed by atoms with Crippen LogP contribution in [0.4, 0.5) is 0 Å². The van der Waals surface area contributed by atoms with E-state index in [0.717, 1.165) is 15.4 Å². The predicted octanol–water partition coefficient (Wildman–Crippen LogP) is 3.72. The van der Waals surface area contributed by atoms with E-state index in [-0.39, 0.29) is 5.78 Å². The van der Waals surface area contributed by atoms with Crippen LogP contribution >= 0.6 is 23.5 Å². The van der Waals surface area contributed by atoms with Gasteiger partial charge in [0.2, 0.25) is 0 Å². The second kappa shape index (κ2) is 5.47. The zero-order valence-electron chi connectivity index (χ0n) is 8.66. The molecule has 0 radical (unpaired) electrons. The topological polar surface area (TPSA) is 17.1 Å². The van der Waals surface area contributed by atoms with Crippen LogP contribution in [0, 0.1) is 0 Å². The number of hydrogen-bond acceptors (Lipinski definition) is 3. The van der Waals surface area contributed by atoms with Crippen LogP contribution in [0.5, 0.6) is 0 Å². The van der Waals surface area contributed by atoms with Gasteiger partial charge in [0.25, 0.3) is 0 Å². The van der Waals surface area contributed by atoms with Crippen molar-refractivity contribution in [3.8, 4) is 0 Å². The van der Waals surface area contributed by atoms with E-state index in [4.69, 9.17) is 0 Å². The predicted molar refractivity (Wildman–Crippen MR) is 64.6 cm³/mol. The number of hydrogen-bond donors (Lipinski definition) is 0. The lowest BCUT2D eigenvalue weighted by Crippen LogP contribution is -1.96. The maximum Gasteiger partial charge on any atom is 0.162 e. The number of carbonyl (C=O) groups is 1. The Labute approximate surface area is 93.7 Å². The second-order valence-corrected chi connectivity index (χ2v) is 4.64. The fourth-order valence-corrected chi connectivity index (χ4v) is 2.23. The van der Waals surface area contributed by atoms with E-state index in [1.54, 1.807) is 23.5 Å². The molecule has 0 amide bonds. The Bertz CT molecular complexity index is 312. The van der Waals surface area contributed by atoms with Crippen LogP contribution in [-0.4, -0.2) is 18.3 Å². The average Bonchev–Trinajstić information content (AvgIpc) is 2.27. The van der Waals surface area contributed by atoms with E-state index in [9.17, 15) is 4.79 Å². The highest BCUT2D eigenvalue weighted by atomic mass is 32.2. The first-order chi connectivity index (χ1) is 6.71. The molecule has 1 aromatic carbocycles. The van der Waals surface area contributed by atoms with Crippen LogP contribution < -0.4 is 0 Å². The molecule has 0 N–H and O–H groups in total. The maximum absolute atomic E-state index is 11.5. The van der Waals surface area contributed by atoms with Crippen LogP contribution in [0.2, 0.25) is 0 Å². The third-order valence-corrected chi connectivity index (χ3v) is 3.41. The van der Waals surface area contributed by atoms with Crippen molar-refractivity contribution in [1.29, 1.82) is 0 Å². The normalized spacial score (nSPS) is 10.2. The van der Waals surface area contributed by atoms with Crippen molar-refractivity contribution in [2.24, 2.45) is 0 Å². The van der Waals surface area contributed by atoms with Gasteiger partial charge in [-0.3, -0.25) is 4.79 Å². The van der Waals surface area contributed by atoms with E-state index >= 15 is 0 Å². The summed E-state index contributed by atoms with van der Waals surface area (Å²) in [7, 11) is 0. The Hall–Kier alpha value is -0.410. The molecule has 76 valence electrons. The summed E-state index contributed by atoms with van der Waals surface area (Å²) in [5.41, 5.74) is 0.837. The van der Waals surface area contributed by atoms with E-state index in [2.05, 4.69) is 6.07 Å². The Morgan fingerprint density at radius 2 is 1.64 bits per heavy atom. The van der Waals surface area contributed by atoms with Gasteiger partial charge < -0.3 is 0 Å². The summed E-state index contributed by atoms with van der Waals surface area (Å²) >= 11 is 3.35. The minimum Gasteiger partial charge on any atom is -0.294 e. The standard InChI is InChI=1S/C11H14OS2/c1-4-11(12)8-5-9(13-2)7-10(6-8)14-3/h5-7H,4H2,1-3H3. The van der Waals surface area contributed by atoms with Gasteiger partial charge in [-0.15, -0.1) is 23.5 Å². The second-order valence-electron chi connectivity index (χ2n) is 2.88. The van der Waals surface area contributed by atoms with Gasteiger partial charge in [-0.05, 0) is 30.7 Å². The van der Waals surface area contributed by atoms with Gasteiger partial charge in [0.1, 0.15) is 0 Å². The van der Waals surface area contributed by atoms with Crippen LogP contribution in [0.15, 0.2) is 28.0 Å². The molecule has 0 heterocycles. The van der Waals surface area contributed by atoms with Crippen LogP contribution in [0.25, 0.3) is 0 Å². The van der Waals surface area contributed by atoms with Crippen molar-refractivity contribution >= 4 is 29.3 Å². The number of rotatable bonds is 4. The third-order valence-electron chi connectivity index (χ3n) is 1.99. The van der Waals surface area contributed by atoms with Crippen molar-refractivity contribution in [3.05, 3.63) is 23.8 Å². The molecular weight excluding hydrogens is 212 g/mol. The van der Waals surface area contributed by atoms with E-state index in [1.165, 1.54) is 0 Å². The van der Waals surface area contributed by atoms with Crippen molar-refractivity contribution < 1.29 is 4.79 Å². The summed E-state index contributed by atoms with van der Waals surface area (Å²) in [5, 5.41) is 0. The van der Waals surface area contributed by atoms with Gasteiger partial charge >= 0.3 is 0 Å². The Morgan fingerprint density at radius 3 is 2.00 bits per heavy atom. The van der Waals surface area contributed by atoms with Crippen molar-refractivity contribution in [3.63, 3.8) is 0 Å². The minimum absolute atomic E-state index is 0.219. The molecule has 3 heteroatoms. The molecule has 0 aliphatic heterocycles. The molecule has 0 fully saturated rings. The first kappa shape index (κ1) is 11.7. The molecule has 1 rings (SSSR count). The van der Waals surface area contributed by atoms with Crippen molar-refractivity contribution in [2.75, 3.05) is 12.5 Å². The monoisotopic (exact) mass is 226 g/mol. The molecule has 14 heavy (non-hydrogen) atoms. The lowest BCUT2D eigenvalue weighted by molar-refractivity contribution is 0.0987. The van der Waals surface area contributed by atoms with Crippen LogP contribution in [-0.2, 0) is 0 Å². The fraction of sp³-hybridized carbons (Fsp3) is 0.364. The van der Waals surface area contributed by atoms with E-state index < -0.39 is 0 Å². The zero-order valence-corrected chi connectivity index (χ0v) is 10.3. The number of ketones is 1. The van der Waals surface area contributed by atoms with Crippen molar-refractivity contribution in [1.82, 2.24) is 0 Å². The Balaban J connectivity index is 3.10. The number of thioether (sulfide) groups is 2. The first-order valence-corrected chi connectivity index (χ1v) is 6.92. The molecule has 0 atom stereocenters. The maximum atomic E-state index is 11.5. The minimum atomic E-state index is 0.219. The van der Waals surface area contributed by atoms with Gasteiger partial charge in [-0.1, -0.05) is 6.92 Å². The first-order valence-electron chi connectivity index (χ1n) is 4.47. The van der Waals surface area contributed by atoms with Gasteiger partial charge in [0.05, 0.1) is 0 Å². The average molecular weight is 226 g/mol. The van der Waals surface area contributed by atoms with Gasteiger partial charge in [0, 0.05) is 21.8 Å². The molecule has 1 nitrogen and oxygen atoms in total. The molecule has 1 aromatic rings. The molecular formula is C11H14OS2. The van der Waals surface area contributed by atoms with E-state index in [0.29, 0.717) is 6.42 Å². The van der Waals surface area contributed by atoms with Crippen molar-refractivity contribution in [2.45, 2.75) is 23.1 Å². The van der Waals surface area contributed by atoms with Crippen LogP contribution in [0.3, 0.4) is 0 Å². The lowest BCUT2D eigenvalue weighted by Gasteiger charge is -2.04. The highest BCUT2D eigenvalue weighted by molar-refractivity contribution is 7.99. The summed E-state index contributed by atoms with van der Waals surface area (Å²) in [5.74, 6) is 0.219. The molecule has 0 saturated carbocycles. The quantitative estimate of drug-likeness (QED) is 0.575. The Morgan fingerprint density at radius 1 is 1.14 bits per heavy atom. The smallest absolute Gasteiger partial charge is 0.162 e. The largest absolute Gasteiger partial charge is 0.294 e. The molecule has 0 spiro atoms. The van der Waals surface area contributed by atoms with Gasteiger partial charge in [0.15, 0.2) is 5.78 Å². The molecule has 0 saturated heterocycles. The Kier molecular flexibility index (Phi) is 4.55. The summed E-state index contributed by atoms with van der Waals surface area (Å²) in [4.78, 5) is 13.9. The summed E-state index contributed by atoms with van der Waals surface area (Å²) < 4.78 is 0. The number of Topliss-reactive ketones (excluding diaryl/α,β-unsaturated/α-hetero) is 1. The third kappa shape index (κ3) is 2.79. The summed E-state index contributed by atoms with van der Waals surface area (Å²) in [6.45, 7) is 1.90. The number of carbonyl (C=O) groups excluding carboxylic acids is 1.